The first-order chi connectivity index (χ1) is 30.2. The van der Waals surface area contributed by atoms with E-state index in [1.807, 2.05) is 11.3 Å². The van der Waals surface area contributed by atoms with Gasteiger partial charge in [-0.3, -0.25) is 0 Å². The SMILES string of the molecule is c1ccc(-c2cccc3cccc(-c4ccc(N(c5ccc(-c6ccc(-n7c8ccccc8c8ccccc87)cc6)cc5)c5ccc6sc7ccccc7c6c5)cc4)c23)cc1. The van der Waals surface area contributed by atoms with Crippen molar-refractivity contribution in [2.45, 2.75) is 0 Å². The van der Waals surface area contributed by atoms with Gasteiger partial charge in [-0.25, -0.2) is 0 Å². The van der Waals surface area contributed by atoms with Crippen LogP contribution in [-0.4, -0.2) is 4.57 Å². The summed E-state index contributed by atoms with van der Waals surface area (Å²) in [4.78, 5) is 2.39. The molecule has 0 saturated heterocycles. The van der Waals surface area contributed by atoms with E-state index in [1.165, 1.54) is 86.1 Å². The summed E-state index contributed by atoms with van der Waals surface area (Å²) in [6.45, 7) is 0. The first-order valence-electron chi connectivity index (χ1n) is 20.8. The van der Waals surface area contributed by atoms with Gasteiger partial charge in [0.05, 0.1) is 11.0 Å². The van der Waals surface area contributed by atoms with Gasteiger partial charge in [0.1, 0.15) is 0 Å². The van der Waals surface area contributed by atoms with Crippen molar-refractivity contribution in [1.29, 1.82) is 0 Å². The Morgan fingerprint density at radius 1 is 0.328 bits per heavy atom. The van der Waals surface area contributed by atoms with Gasteiger partial charge in [-0.1, -0.05) is 158 Å². The van der Waals surface area contributed by atoms with Crippen LogP contribution in [0.3, 0.4) is 0 Å². The van der Waals surface area contributed by atoms with E-state index in [2.05, 4.69) is 240 Å². The second-order valence-electron chi connectivity index (χ2n) is 15.7. The number of aromatic nitrogens is 1. The first-order valence-corrected chi connectivity index (χ1v) is 21.6. The number of rotatable bonds is 7. The Morgan fingerprint density at radius 3 is 1.46 bits per heavy atom. The topological polar surface area (TPSA) is 8.17 Å². The van der Waals surface area contributed by atoms with Crippen molar-refractivity contribution in [2.75, 3.05) is 4.90 Å². The van der Waals surface area contributed by atoms with Crippen molar-refractivity contribution in [3.8, 4) is 39.1 Å². The molecular weight excluding hydrogens is 757 g/mol. The molecule has 0 radical (unpaired) electrons. The van der Waals surface area contributed by atoms with E-state index in [4.69, 9.17) is 0 Å². The molecule has 0 saturated carbocycles. The zero-order valence-electron chi connectivity index (χ0n) is 33.2. The molecule has 0 bridgehead atoms. The van der Waals surface area contributed by atoms with Crippen molar-refractivity contribution in [2.24, 2.45) is 0 Å². The highest BCUT2D eigenvalue weighted by Crippen LogP contribution is 2.43. The highest BCUT2D eigenvalue weighted by Gasteiger charge is 2.17. The Balaban J connectivity index is 0.934. The molecule has 0 N–H and O–H groups in total. The van der Waals surface area contributed by atoms with E-state index in [0.29, 0.717) is 0 Å². The second-order valence-corrected chi connectivity index (χ2v) is 16.8. The molecule has 0 amide bonds. The number of hydrogen-bond donors (Lipinski definition) is 0. The molecule has 0 unspecified atom stereocenters. The molecule has 0 aliphatic heterocycles. The number of benzene rings is 10. The lowest BCUT2D eigenvalue weighted by Gasteiger charge is -2.26. The van der Waals surface area contributed by atoms with Gasteiger partial charge in [-0.2, -0.15) is 0 Å². The van der Waals surface area contributed by atoms with E-state index < -0.39 is 0 Å². The monoisotopic (exact) mass is 794 g/mol. The number of para-hydroxylation sites is 2. The molecule has 0 aliphatic rings. The average molecular weight is 795 g/mol. The molecule has 0 atom stereocenters. The van der Waals surface area contributed by atoms with Crippen LogP contribution >= 0.6 is 11.3 Å². The van der Waals surface area contributed by atoms with Gasteiger partial charge in [0.15, 0.2) is 0 Å². The fraction of sp³-hybridized carbons (Fsp3) is 0. The summed E-state index contributed by atoms with van der Waals surface area (Å²) >= 11 is 1.85. The lowest BCUT2D eigenvalue weighted by atomic mass is 9.91. The molecule has 10 aromatic carbocycles. The van der Waals surface area contributed by atoms with Gasteiger partial charge in [0.25, 0.3) is 0 Å². The minimum atomic E-state index is 1.11. The van der Waals surface area contributed by atoms with Gasteiger partial charge in [-0.05, 0) is 117 Å². The van der Waals surface area contributed by atoms with Gasteiger partial charge < -0.3 is 9.47 Å². The number of anilines is 3. The lowest BCUT2D eigenvalue weighted by molar-refractivity contribution is 1.18. The normalized spacial score (nSPS) is 11.6. The Kier molecular flexibility index (Phi) is 8.39. The molecule has 286 valence electrons. The standard InChI is InChI=1S/C58H38N2S/c1-2-12-41(13-3-1)48-19-10-14-43-15-11-20-49(58(43)48)42-28-34-45(35-29-42)59(47-36-37-57-53(38-47)52-18-6-9-23-56(52)61-57)44-30-24-39(25-31-44)40-26-32-46(33-27-40)60-54-21-7-4-16-50(54)51-17-5-8-22-55(51)60/h1-38H. The largest absolute Gasteiger partial charge is 0.310 e. The fourth-order valence-corrected chi connectivity index (χ4v) is 10.4. The van der Waals surface area contributed by atoms with E-state index in [-0.39, 0.29) is 0 Å². The third-order valence-electron chi connectivity index (χ3n) is 12.2. The maximum Gasteiger partial charge on any atom is 0.0541 e. The molecule has 2 nitrogen and oxygen atoms in total. The molecule has 0 aliphatic carbocycles. The predicted octanol–water partition coefficient (Wildman–Crippen LogP) is 16.8. The minimum Gasteiger partial charge on any atom is -0.310 e. The van der Waals surface area contributed by atoms with Crippen LogP contribution in [0.5, 0.6) is 0 Å². The van der Waals surface area contributed by atoms with Crippen LogP contribution in [-0.2, 0) is 0 Å². The van der Waals surface area contributed by atoms with Crippen LogP contribution < -0.4 is 4.90 Å². The van der Waals surface area contributed by atoms with E-state index in [0.717, 1.165) is 22.7 Å². The minimum absolute atomic E-state index is 1.11. The highest BCUT2D eigenvalue weighted by molar-refractivity contribution is 7.25. The molecule has 2 heterocycles. The second kappa shape index (κ2) is 14.5. The number of thiophene rings is 1. The summed E-state index contributed by atoms with van der Waals surface area (Å²) in [6, 6.07) is 84.1. The Hall–Kier alpha value is -7.72. The molecular formula is C58H38N2S. The Morgan fingerprint density at radius 2 is 0.820 bits per heavy atom. The van der Waals surface area contributed by atoms with Gasteiger partial charge >= 0.3 is 0 Å². The van der Waals surface area contributed by atoms with Crippen molar-refractivity contribution in [1.82, 2.24) is 4.57 Å². The van der Waals surface area contributed by atoms with Crippen LogP contribution in [0, 0.1) is 0 Å². The molecule has 0 fully saturated rings. The first kappa shape index (κ1) is 35.2. The molecule has 2 aromatic heterocycles. The quantitative estimate of drug-likeness (QED) is 0.156. The Bertz CT molecular complexity index is 3500. The van der Waals surface area contributed by atoms with Gasteiger partial charge in [0.2, 0.25) is 0 Å². The summed E-state index contributed by atoms with van der Waals surface area (Å²) in [6.07, 6.45) is 0. The van der Waals surface area contributed by atoms with Crippen LogP contribution in [0.1, 0.15) is 0 Å². The zero-order valence-corrected chi connectivity index (χ0v) is 34.1. The van der Waals surface area contributed by atoms with Crippen molar-refractivity contribution >= 4 is 81.1 Å². The molecule has 12 rings (SSSR count). The van der Waals surface area contributed by atoms with E-state index >= 15 is 0 Å². The summed E-state index contributed by atoms with van der Waals surface area (Å²) < 4.78 is 4.98. The third kappa shape index (κ3) is 6.01. The summed E-state index contributed by atoms with van der Waals surface area (Å²) in [5.74, 6) is 0. The van der Waals surface area contributed by atoms with E-state index in [9.17, 15) is 0 Å². The fourth-order valence-electron chi connectivity index (χ4n) is 9.34. The van der Waals surface area contributed by atoms with Crippen molar-refractivity contribution in [3.05, 3.63) is 231 Å². The van der Waals surface area contributed by atoms with Gasteiger partial charge in [0, 0.05) is 53.7 Å². The summed E-state index contributed by atoms with van der Waals surface area (Å²) in [5, 5.41) is 7.63. The van der Waals surface area contributed by atoms with Crippen molar-refractivity contribution in [3.63, 3.8) is 0 Å². The van der Waals surface area contributed by atoms with E-state index in [1.54, 1.807) is 0 Å². The molecule has 3 heteroatoms. The zero-order chi connectivity index (χ0) is 40.3. The lowest BCUT2D eigenvalue weighted by Crippen LogP contribution is -2.09. The third-order valence-corrected chi connectivity index (χ3v) is 13.4. The maximum absolute atomic E-state index is 2.39. The number of nitrogens with zero attached hydrogens (tertiary/aromatic N) is 2. The highest BCUT2D eigenvalue weighted by atomic mass is 32.1. The molecule has 0 spiro atoms. The van der Waals surface area contributed by atoms with Crippen LogP contribution in [0.25, 0.3) is 91.8 Å². The summed E-state index contributed by atoms with van der Waals surface area (Å²) in [5.41, 5.74) is 14.2. The Labute approximate surface area is 358 Å². The maximum atomic E-state index is 2.39. The molecule has 12 aromatic rings. The number of hydrogen-bond acceptors (Lipinski definition) is 2. The van der Waals surface area contributed by atoms with Crippen LogP contribution in [0.15, 0.2) is 231 Å². The summed E-state index contributed by atoms with van der Waals surface area (Å²) in [7, 11) is 0. The smallest absolute Gasteiger partial charge is 0.0541 e. The molecule has 61 heavy (non-hydrogen) atoms. The van der Waals surface area contributed by atoms with Gasteiger partial charge in [-0.15, -0.1) is 11.3 Å². The van der Waals surface area contributed by atoms with Crippen LogP contribution in [0.4, 0.5) is 17.1 Å². The van der Waals surface area contributed by atoms with Crippen LogP contribution in [0.2, 0.25) is 0 Å². The average Bonchev–Trinajstić information content (AvgIpc) is 3.88. The number of fused-ring (bicyclic) bond motifs is 7. The van der Waals surface area contributed by atoms with Crippen molar-refractivity contribution < 1.29 is 0 Å². The predicted molar refractivity (Wildman–Crippen MR) is 262 cm³/mol.